The molecule has 3 aromatic carbocycles. The second kappa shape index (κ2) is 9.74. The van der Waals surface area contributed by atoms with Crippen molar-refractivity contribution < 1.29 is 17.9 Å². The molecule has 0 N–H and O–H groups in total. The molecule has 1 aliphatic rings. The van der Waals surface area contributed by atoms with Gasteiger partial charge in [0.1, 0.15) is 5.82 Å². The van der Waals surface area contributed by atoms with Crippen molar-refractivity contribution in [3.8, 4) is 22.3 Å². The third-order valence-corrected chi connectivity index (χ3v) is 6.25. The van der Waals surface area contributed by atoms with Crippen LogP contribution < -0.4 is 0 Å². The zero-order valence-electron chi connectivity index (χ0n) is 18.2. The highest BCUT2D eigenvalue weighted by Gasteiger charge is 2.23. The fourth-order valence-electron chi connectivity index (χ4n) is 4.27. The number of allylic oxidation sites excluding steroid dienone is 1. The van der Waals surface area contributed by atoms with Crippen LogP contribution in [0.5, 0.6) is 0 Å². The zero-order valence-corrected chi connectivity index (χ0v) is 18.2. The molecule has 0 bridgehead atoms. The molecule has 1 fully saturated rings. The van der Waals surface area contributed by atoms with E-state index < -0.39 is 11.6 Å². The van der Waals surface area contributed by atoms with Crippen LogP contribution in [0.3, 0.4) is 0 Å². The van der Waals surface area contributed by atoms with Gasteiger partial charge in [-0.15, -0.1) is 6.58 Å². The summed E-state index contributed by atoms with van der Waals surface area (Å²) in [6, 6.07) is 15.6. The van der Waals surface area contributed by atoms with Crippen LogP contribution in [0.2, 0.25) is 0 Å². The molecule has 0 aliphatic carbocycles. The summed E-state index contributed by atoms with van der Waals surface area (Å²) < 4.78 is 49.6. The van der Waals surface area contributed by atoms with E-state index in [2.05, 4.69) is 6.58 Å². The van der Waals surface area contributed by atoms with Gasteiger partial charge in [0, 0.05) is 11.5 Å². The Morgan fingerprint density at radius 1 is 0.906 bits per heavy atom. The SMILES string of the molecule is C=CCCc1ccc(-c2ccc(-c3ccc(C4CCC(C)OC4)c(F)c3)cc2)c(F)c1F. The van der Waals surface area contributed by atoms with Crippen LogP contribution in [-0.4, -0.2) is 12.7 Å². The van der Waals surface area contributed by atoms with Crippen molar-refractivity contribution >= 4 is 0 Å². The number of hydrogen-bond donors (Lipinski definition) is 0. The molecular weight excluding hydrogens is 409 g/mol. The van der Waals surface area contributed by atoms with Crippen molar-refractivity contribution in [2.24, 2.45) is 0 Å². The van der Waals surface area contributed by atoms with Gasteiger partial charge in [-0.05, 0) is 66.5 Å². The van der Waals surface area contributed by atoms with E-state index in [9.17, 15) is 13.2 Å². The molecular formula is C28H27F3O. The van der Waals surface area contributed by atoms with Gasteiger partial charge in [0.25, 0.3) is 0 Å². The Morgan fingerprint density at radius 3 is 2.28 bits per heavy atom. The molecule has 1 nitrogen and oxygen atoms in total. The van der Waals surface area contributed by atoms with Crippen LogP contribution in [0.1, 0.15) is 43.2 Å². The first-order chi connectivity index (χ1) is 15.5. The lowest BCUT2D eigenvalue weighted by Gasteiger charge is -2.27. The number of aryl methyl sites for hydroxylation is 1. The molecule has 2 atom stereocenters. The molecule has 0 saturated carbocycles. The van der Waals surface area contributed by atoms with Crippen molar-refractivity contribution in [3.63, 3.8) is 0 Å². The average molecular weight is 437 g/mol. The summed E-state index contributed by atoms with van der Waals surface area (Å²) in [6.45, 7) is 6.20. The maximum absolute atomic E-state index is 14.8. The van der Waals surface area contributed by atoms with Crippen LogP contribution in [0, 0.1) is 17.5 Å². The minimum atomic E-state index is -0.848. The van der Waals surface area contributed by atoms with Gasteiger partial charge in [0.05, 0.1) is 12.7 Å². The Morgan fingerprint density at radius 2 is 1.62 bits per heavy atom. The van der Waals surface area contributed by atoms with E-state index in [1.165, 1.54) is 6.07 Å². The van der Waals surface area contributed by atoms with Gasteiger partial charge in [-0.2, -0.15) is 0 Å². The van der Waals surface area contributed by atoms with Crippen molar-refractivity contribution in [1.82, 2.24) is 0 Å². The van der Waals surface area contributed by atoms with E-state index in [4.69, 9.17) is 4.74 Å². The van der Waals surface area contributed by atoms with Crippen molar-refractivity contribution in [3.05, 3.63) is 95.8 Å². The van der Waals surface area contributed by atoms with Gasteiger partial charge in [0.15, 0.2) is 11.6 Å². The molecule has 4 heteroatoms. The lowest BCUT2D eigenvalue weighted by atomic mass is 9.90. The largest absolute Gasteiger partial charge is 0.378 e. The maximum Gasteiger partial charge on any atom is 0.166 e. The molecule has 2 unspecified atom stereocenters. The molecule has 166 valence electrons. The highest BCUT2D eigenvalue weighted by molar-refractivity contribution is 5.71. The highest BCUT2D eigenvalue weighted by atomic mass is 19.2. The molecule has 3 aromatic rings. The fourth-order valence-corrected chi connectivity index (χ4v) is 4.27. The monoisotopic (exact) mass is 436 g/mol. The van der Waals surface area contributed by atoms with E-state index in [0.717, 1.165) is 24.0 Å². The average Bonchev–Trinajstić information content (AvgIpc) is 2.81. The summed E-state index contributed by atoms with van der Waals surface area (Å²) in [5, 5.41) is 0. The van der Waals surface area contributed by atoms with Gasteiger partial charge in [-0.25, -0.2) is 13.2 Å². The molecule has 1 aliphatic heterocycles. The summed E-state index contributed by atoms with van der Waals surface area (Å²) in [5.74, 6) is -1.82. The number of benzene rings is 3. The minimum Gasteiger partial charge on any atom is -0.378 e. The third-order valence-electron chi connectivity index (χ3n) is 6.25. The molecule has 0 radical (unpaired) electrons. The van der Waals surface area contributed by atoms with Crippen LogP contribution in [0.15, 0.2) is 67.3 Å². The third kappa shape index (κ3) is 4.66. The predicted octanol–water partition coefficient (Wildman–Crippen LogP) is 7.84. The number of hydrogen-bond acceptors (Lipinski definition) is 1. The topological polar surface area (TPSA) is 9.23 Å². The van der Waals surface area contributed by atoms with E-state index in [1.54, 1.807) is 42.5 Å². The molecule has 1 saturated heterocycles. The number of rotatable bonds is 6. The summed E-state index contributed by atoms with van der Waals surface area (Å²) in [5.41, 5.74) is 3.38. The molecule has 4 rings (SSSR count). The first kappa shape index (κ1) is 22.3. The first-order valence-corrected chi connectivity index (χ1v) is 11.1. The van der Waals surface area contributed by atoms with Crippen LogP contribution in [0.4, 0.5) is 13.2 Å². The van der Waals surface area contributed by atoms with Crippen molar-refractivity contribution in [1.29, 1.82) is 0 Å². The van der Waals surface area contributed by atoms with E-state index in [-0.39, 0.29) is 23.4 Å². The molecule has 0 amide bonds. The zero-order chi connectivity index (χ0) is 22.7. The minimum absolute atomic E-state index is 0.0787. The maximum atomic E-state index is 14.8. The first-order valence-electron chi connectivity index (χ1n) is 11.1. The van der Waals surface area contributed by atoms with Gasteiger partial charge in [-0.3, -0.25) is 0 Å². The number of ether oxygens (including phenoxy) is 1. The molecule has 0 aromatic heterocycles. The van der Waals surface area contributed by atoms with Crippen LogP contribution in [-0.2, 0) is 11.2 Å². The Hall–Kier alpha value is -2.85. The molecule has 32 heavy (non-hydrogen) atoms. The Kier molecular flexibility index (Phi) is 6.80. The van der Waals surface area contributed by atoms with Gasteiger partial charge >= 0.3 is 0 Å². The second-order valence-electron chi connectivity index (χ2n) is 8.46. The van der Waals surface area contributed by atoms with Crippen molar-refractivity contribution in [2.75, 3.05) is 6.61 Å². The Bertz CT molecular complexity index is 1100. The summed E-state index contributed by atoms with van der Waals surface area (Å²) in [4.78, 5) is 0. The quantitative estimate of drug-likeness (QED) is 0.358. The lowest BCUT2D eigenvalue weighted by molar-refractivity contribution is 0.0148. The molecule has 0 spiro atoms. The van der Waals surface area contributed by atoms with E-state index in [1.807, 2.05) is 19.1 Å². The summed E-state index contributed by atoms with van der Waals surface area (Å²) in [6.07, 6.45) is 4.77. The number of halogens is 3. The summed E-state index contributed by atoms with van der Waals surface area (Å²) >= 11 is 0. The van der Waals surface area contributed by atoms with Crippen molar-refractivity contribution in [2.45, 2.75) is 44.6 Å². The van der Waals surface area contributed by atoms with Crippen LogP contribution in [0.25, 0.3) is 22.3 Å². The summed E-state index contributed by atoms with van der Waals surface area (Å²) in [7, 11) is 0. The van der Waals surface area contributed by atoms with E-state index >= 15 is 0 Å². The smallest absolute Gasteiger partial charge is 0.166 e. The standard InChI is InChI=1S/C28H27F3O/c1-3-4-5-21-12-15-25(28(31)27(21)30)20-10-8-19(9-11-20)22-13-14-24(26(29)16-22)23-7-6-18(2)32-17-23/h3,8-16,18,23H,1,4-7,17H2,2H3. The Labute approximate surface area is 187 Å². The normalized spacial score (nSPS) is 18.5. The van der Waals surface area contributed by atoms with Gasteiger partial charge < -0.3 is 4.74 Å². The highest BCUT2D eigenvalue weighted by Crippen LogP contribution is 2.33. The fraction of sp³-hybridized carbons (Fsp3) is 0.286. The predicted molar refractivity (Wildman–Crippen MR) is 123 cm³/mol. The second-order valence-corrected chi connectivity index (χ2v) is 8.46. The van der Waals surface area contributed by atoms with E-state index in [0.29, 0.717) is 36.1 Å². The molecule has 1 heterocycles. The van der Waals surface area contributed by atoms with Crippen LogP contribution >= 0.6 is 0 Å². The van der Waals surface area contributed by atoms with Gasteiger partial charge in [-0.1, -0.05) is 54.6 Å². The Balaban J connectivity index is 1.55. The lowest BCUT2D eigenvalue weighted by Crippen LogP contribution is -2.22. The van der Waals surface area contributed by atoms with Gasteiger partial charge in [0.2, 0.25) is 0 Å².